The van der Waals surface area contributed by atoms with Gasteiger partial charge in [-0.05, 0) is 51.4 Å². The van der Waals surface area contributed by atoms with Gasteiger partial charge in [-0.15, -0.1) is 0 Å². The highest BCUT2D eigenvalue weighted by molar-refractivity contribution is 6.55. The number of para-hydroxylation sites is 2. The van der Waals surface area contributed by atoms with Gasteiger partial charge in [0.15, 0.2) is 0 Å². The summed E-state index contributed by atoms with van der Waals surface area (Å²) in [7, 11) is -0.460. The van der Waals surface area contributed by atoms with Crippen LogP contribution in [0.25, 0.3) is 17.1 Å². The fourth-order valence-electron chi connectivity index (χ4n) is 2.45. The molecule has 3 rings (SSSR count). The van der Waals surface area contributed by atoms with Gasteiger partial charge in [-0.25, -0.2) is 4.98 Å². The SMILES string of the molecule is CC1(C)OB(C(=Cc2cnc3ccccc3n2)CN)OC1(C)C. The smallest absolute Gasteiger partial charge is 0.400 e. The van der Waals surface area contributed by atoms with Crippen LogP contribution in [0, 0.1) is 0 Å². The van der Waals surface area contributed by atoms with E-state index in [1.807, 2.05) is 58.0 Å². The van der Waals surface area contributed by atoms with Crippen molar-refractivity contribution in [2.24, 2.45) is 5.73 Å². The van der Waals surface area contributed by atoms with Gasteiger partial charge in [0.2, 0.25) is 0 Å². The first kappa shape index (κ1) is 16.1. The fraction of sp³-hybridized carbons (Fsp3) is 0.412. The summed E-state index contributed by atoms with van der Waals surface area (Å²) in [6.45, 7) is 8.44. The highest BCUT2D eigenvalue weighted by Gasteiger charge is 2.52. The van der Waals surface area contributed by atoms with Crippen molar-refractivity contribution >= 4 is 24.2 Å². The monoisotopic (exact) mass is 311 g/mol. The summed E-state index contributed by atoms with van der Waals surface area (Å²) in [5.74, 6) is 0. The molecule has 2 heterocycles. The lowest BCUT2D eigenvalue weighted by atomic mass is 9.77. The maximum absolute atomic E-state index is 6.06. The molecule has 0 bridgehead atoms. The molecular weight excluding hydrogens is 289 g/mol. The van der Waals surface area contributed by atoms with E-state index >= 15 is 0 Å². The molecule has 2 aromatic rings. The van der Waals surface area contributed by atoms with E-state index in [4.69, 9.17) is 15.0 Å². The largest absolute Gasteiger partial charge is 0.491 e. The molecule has 1 aliphatic rings. The molecule has 1 aromatic carbocycles. The zero-order valence-electron chi connectivity index (χ0n) is 14.0. The summed E-state index contributed by atoms with van der Waals surface area (Å²) in [5, 5.41) is 0. The standard InChI is InChI=1S/C17H22BN3O2/c1-16(2)17(3,4)23-18(22-16)12(10-19)9-13-11-20-14-7-5-6-8-15(14)21-13/h5-9,11H,10,19H2,1-4H3. The Morgan fingerprint density at radius 1 is 1.13 bits per heavy atom. The molecule has 2 N–H and O–H groups in total. The third-order valence-electron chi connectivity index (χ3n) is 4.59. The molecule has 0 atom stereocenters. The molecule has 0 aliphatic carbocycles. The predicted octanol–water partition coefficient (Wildman–Crippen LogP) is 2.60. The van der Waals surface area contributed by atoms with Gasteiger partial charge in [0.05, 0.1) is 34.1 Å². The number of hydrogen-bond donors (Lipinski definition) is 1. The molecule has 120 valence electrons. The summed E-state index contributed by atoms with van der Waals surface area (Å²) < 4.78 is 12.1. The molecule has 23 heavy (non-hydrogen) atoms. The quantitative estimate of drug-likeness (QED) is 0.882. The van der Waals surface area contributed by atoms with Crippen molar-refractivity contribution < 1.29 is 9.31 Å². The van der Waals surface area contributed by atoms with Gasteiger partial charge in [0.25, 0.3) is 0 Å². The number of nitrogens with zero attached hydrogens (tertiary/aromatic N) is 2. The van der Waals surface area contributed by atoms with E-state index in [9.17, 15) is 0 Å². The number of hydrogen-bond acceptors (Lipinski definition) is 5. The summed E-state index contributed by atoms with van der Waals surface area (Å²) >= 11 is 0. The zero-order valence-corrected chi connectivity index (χ0v) is 14.0. The zero-order chi connectivity index (χ0) is 16.7. The minimum Gasteiger partial charge on any atom is -0.400 e. The molecule has 6 heteroatoms. The van der Waals surface area contributed by atoms with E-state index in [1.165, 1.54) is 0 Å². The van der Waals surface area contributed by atoms with Gasteiger partial charge in [-0.1, -0.05) is 12.1 Å². The molecule has 1 aromatic heterocycles. The first-order chi connectivity index (χ1) is 10.8. The van der Waals surface area contributed by atoms with Gasteiger partial charge in [-0.3, -0.25) is 4.98 Å². The lowest BCUT2D eigenvalue weighted by Crippen LogP contribution is -2.41. The van der Waals surface area contributed by atoms with Crippen molar-refractivity contribution in [2.75, 3.05) is 6.54 Å². The molecule has 0 amide bonds. The van der Waals surface area contributed by atoms with Crippen LogP contribution in [0.4, 0.5) is 0 Å². The Morgan fingerprint density at radius 2 is 1.74 bits per heavy atom. The molecule has 0 saturated carbocycles. The molecule has 0 unspecified atom stereocenters. The number of aromatic nitrogens is 2. The second-order valence-corrected chi connectivity index (χ2v) is 6.80. The van der Waals surface area contributed by atoms with Crippen LogP contribution < -0.4 is 5.73 Å². The van der Waals surface area contributed by atoms with Crippen LogP contribution in [0.15, 0.2) is 35.9 Å². The average Bonchev–Trinajstić information content (AvgIpc) is 2.72. The minimum atomic E-state index is -0.460. The van der Waals surface area contributed by atoms with Crippen LogP contribution in [0.3, 0.4) is 0 Å². The Bertz CT molecular complexity index is 742. The Morgan fingerprint density at radius 3 is 2.35 bits per heavy atom. The number of rotatable bonds is 3. The van der Waals surface area contributed by atoms with Gasteiger partial charge in [0, 0.05) is 6.54 Å². The van der Waals surface area contributed by atoms with Crippen LogP contribution >= 0.6 is 0 Å². The van der Waals surface area contributed by atoms with E-state index in [0.29, 0.717) is 6.54 Å². The van der Waals surface area contributed by atoms with Crippen molar-refractivity contribution in [1.29, 1.82) is 0 Å². The third kappa shape index (κ3) is 3.02. The summed E-state index contributed by atoms with van der Waals surface area (Å²) in [6.07, 6.45) is 3.64. The lowest BCUT2D eigenvalue weighted by Gasteiger charge is -2.32. The van der Waals surface area contributed by atoms with Crippen LogP contribution in [-0.2, 0) is 9.31 Å². The number of benzene rings is 1. The Hall–Kier alpha value is -1.76. The highest BCUT2D eigenvalue weighted by Crippen LogP contribution is 2.38. The number of fused-ring (bicyclic) bond motifs is 1. The lowest BCUT2D eigenvalue weighted by molar-refractivity contribution is 0.00578. The second kappa shape index (κ2) is 5.71. The van der Waals surface area contributed by atoms with E-state index < -0.39 is 7.12 Å². The van der Waals surface area contributed by atoms with Crippen LogP contribution in [0.2, 0.25) is 0 Å². The van der Waals surface area contributed by atoms with Crippen molar-refractivity contribution in [3.63, 3.8) is 0 Å². The minimum absolute atomic E-state index is 0.339. The maximum Gasteiger partial charge on any atom is 0.491 e. The highest BCUT2D eigenvalue weighted by atomic mass is 16.7. The summed E-state index contributed by atoms with van der Waals surface area (Å²) in [6, 6.07) is 7.77. The van der Waals surface area contributed by atoms with Crippen molar-refractivity contribution in [3.8, 4) is 0 Å². The molecule has 0 spiro atoms. The molecule has 0 radical (unpaired) electrons. The molecule has 1 fully saturated rings. The van der Waals surface area contributed by atoms with Gasteiger partial charge in [-0.2, -0.15) is 0 Å². The van der Waals surface area contributed by atoms with E-state index in [1.54, 1.807) is 6.20 Å². The summed E-state index contributed by atoms with van der Waals surface area (Å²) in [5.41, 5.74) is 8.46. The van der Waals surface area contributed by atoms with Crippen molar-refractivity contribution in [3.05, 3.63) is 41.6 Å². The predicted molar refractivity (Wildman–Crippen MR) is 92.7 cm³/mol. The molecule has 1 aliphatic heterocycles. The van der Waals surface area contributed by atoms with Crippen LogP contribution in [0.5, 0.6) is 0 Å². The Balaban J connectivity index is 1.92. The third-order valence-corrected chi connectivity index (χ3v) is 4.59. The first-order valence-electron chi connectivity index (χ1n) is 7.80. The Labute approximate surface area is 137 Å². The van der Waals surface area contributed by atoms with Crippen molar-refractivity contribution in [2.45, 2.75) is 38.9 Å². The van der Waals surface area contributed by atoms with E-state index in [2.05, 4.69) is 9.97 Å². The summed E-state index contributed by atoms with van der Waals surface area (Å²) in [4.78, 5) is 9.02. The molecule has 5 nitrogen and oxygen atoms in total. The Kier molecular flexibility index (Phi) is 4.00. The van der Waals surface area contributed by atoms with Crippen LogP contribution in [-0.4, -0.2) is 34.8 Å². The second-order valence-electron chi connectivity index (χ2n) is 6.80. The topological polar surface area (TPSA) is 70.3 Å². The van der Waals surface area contributed by atoms with Gasteiger partial charge < -0.3 is 15.0 Å². The van der Waals surface area contributed by atoms with Gasteiger partial charge >= 0.3 is 7.12 Å². The number of nitrogens with two attached hydrogens (primary N) is 1. The maximum atomic E-state index is 6.06. The average molecular weight is 311 g/mol. The molecule has 1 saturated heterocycles. The fourth-order valence-corrected chi connectivity index (χ4v) is 2.45. The van der Waals surface area contributed by atoms with E-state index in [0.717, 1.165) is 22.2 Å². The van der Waals surface area contributed by atoms with Gasteiger partial charge in [0.1, 0.15) is 0 Å². The van der Waals surface area contributed by atoms with Crippen LogP contribution in [0.1, 0.15) is 33.4 Å². The van der Waals surface area contributed by atoms with Crippen molar-refractivity contribution in [1.82, 2.24) is 9.97 Å². The normalized spacial score (nSPS) is 20.2. The molecular formula is C17H22BN3O2. The van der Waals surface area contributed by atoms with E-state index in [-0.39, 0.29) is 11.2 Å². The first-order valence-corrected chi connectivity index (χ1v) is 7.80.